The third-order valence-electron chi connectivity index (χ3n) is 3.29. The fourth-order valence-corrected chi connectivity index (χ4v) is 2.45. The molecule has 0 spiro atoms. The SMILES string of the molecule is Cc1ccc(Cl)cc1NC(=O)CN1CCN[C@H](C)C1. The molecule has 1 aromatic rings. The van der Waals surface area contributed by atoms with Crippen molar-refractivity contribution >= 4 is 23.2 Å². The monoisotopic (exact) mass is 281 g/mol. The highest BCUT2D eigenvalue weighted by molar-refractivity contribution is 6.31. The number of anilines is 1. The van der Waals surface area contributed by atoms with Crippen molar-refractivity contribution in [2.24, 2.45) is 0 Å². The van der Waals surface area contributed by atoms with E-state index in [1.54, 1.807) is 6.07 Å². The van der Waals surface area contributed by atoms with Crippen molar-refractivity contribution in [3.8, 4) is 0 Å². The molecule has 1 fully saturated rings. The molecule has 1 saturated heterocycles. The molecule has 1 aliphatic rings. The van der Waals surface area contributed by atoms with Gasteiger partial charge in [0, 0.05) is 36.4 Å². The van der Waals surface area contributed by atoms with Crippen LogP contribution >= 0.6 is 11.6 Å². The van der Waals surface area contributed by atoms with Gasteiger partial charge in [-0.3, -0.25) is 9.69 Å². The van der Waals surface area contributed by atoms with Crippen LogP contribution in [0.2, 0.25) is 5.02 Å². The van der Waals surface area contributed by atoms with Crippen LogP contribution in [0.1, 0.15) is 12.5 Å². The van der Waals surface area contributed by atoms with Gasteiger partial charge in [-0.25, -0.2) is 0 Å². The number of aryl methyl sites for hydroxylation is 1. The van der Waals surface area contributed by atoms with Gasteiger partial charge in [0.1, 0.15) is 0 Å². The molecule has 0 bridgehead atoms. The zero-order valence-corrected chi connectivity index (χ0v) is 12.1. The average Bonchev–Trinajstić information content (AvgIpc) is 2.34. The zero-order chi connectivity index (χ0) is 13.8. The number of rotatable bonds is 3. The van der Waals surface area contributed by atoms with E-state index in [0.29, 0.717) is 17.6 Å². The van der Waals surface area contributed by atoms with Crippen molar-refractivity contribution in [3.05, 3.63) is 28.8 Å². The number of carbonyl (C=O) groups excluding carboxylic acids is 1. The summed E-state index contributed by atoms with van der Waals surface area (Å²) >= 11 is 5.94. The van der Waals surface area contributed by atoms with Crippen LogP contribution in [0.3, 0.4) is 0 Å². The minimum Gasteiger partial charge on any atom is -0.325 e. The van der Waals surface area contributed by atoms with Crippen LogP contribution in [0, 0.1) is 6.92 Å². The van der Waals surface area contributed by atoms with Gasteiger partial charge in [-0.1, -0.05) is 17.7 Å². The molecular formula is C14H20ClN3O. The molecule has 0 aliphatic carbocycles. The Morgan fingerprint density at radius 3 is 3.11 bits per heavy atom. The molecule has 0 aromatic heterocycles. The van der Waals surface area contributed by atoms with E-state index in [2.05, 4.69) is 22.5 Å². The molecule has 4 nitrogen and oxygen atoms in total. The number of nitrogens with zero attached hydrogens (tertiary/aromatic N) is 1. The maximum Gasteiger partial charge on any atom is 0.238 e. The number of carbonyl (C=O) groups is 1. The Bertz CT molecular complexity index is 464. The second kappa shape index (κ2) is 6.37. The van der Waals surface area contributed by atoms with E-state index >= 15 is 0 Å². The average molecular weight is 282 g/mol. The second-order valence-electron chi connectivity index (χ2n) is 5.10. The Labute approximate surface area is 119 Å². The van der Waals surface area contributed by atoms with Gasteiger partial charge < -0.3 is 10.6 Å². The lowest BCUT2D eigenvalue weighted by Crippen LogP contribution is -2.51. The van der Waals surface area contributed by atoms with Gasteiger partial charge >= 0.3 is 0 Å². The lowest BCUT2D eigenvalue weighted by atomic mass is 10.2. The Hall–Kier alpha value is -1.10. The summed E-state index contributed by atoms with van der Waals surface area (Å²) in [4.78, 5) is 14.2. The van der Waals surface area contributed by atoms with Crippen molar-refractivity contribution in [1.29, 1.82) is 0 Å². The van der Waals surface area contributed by atoms with Crippen molar-refractivity contribution in [2.45, 2.75) is 19.9 Å². The summed E-state index contributed by atoms with van der Waals surface area (Å²) in [7, 11) is 0. The first-order valence-electron chi connectivity index (χ1n) is 6.56. The van der Waals surface area contributed by atoms with Crippen molar-refractivity contribution in [2.75, 3.05) is 31.5 Å². The summed E-state index contributed by atoms with van der Waals surface area (Å²) in [5, 5.41) is 6.92. The fraction of sp³-hybridized carbons (Fsp3) is 0.500. The van der Waals surface area contributed by atoms with Gasteiger partial charge in [0.25, 0.3) is 0 Å². The van der Waals surface area contributed by atoms with Crippen LogP contribution in [0.15, 0.2) is 18.2 Å². The van der Waals surface area contributed by atoms with E-state index in [1.807, 2.05) is 19.1 Å². The molecule has 2 N–H and O–H groups in total. The molecule has 0 unspecified atom stereocenters. The topological polar surface area (TPSA) is 44.4 Å². The van der Waals surface area contributed by atoms with Gasteiger partial charge in [-0.15, -0.1) is 0 Å². The first-order chi connectivity index (χ1) is 9.04. The molecule has 2 rings (SSSR count). The maximum atomic E-state index is 12.0. The number of amides is 1. The largest absolute Gasteiger partial charge is 0.325 e. The summed E-state index contributed by atoms with van der Waals surface area (Å²) in [5.41, 5.74) is 1.81. The summed E-state index contributed by atoms with van der Waals surface area (Å²) in [6.07, 6.45) is 0. The number of piperazine rings is 1. The smallest absolute Gasteiger partial charge is 0.238 e. The van der Waals surface area contributed by atoms with E-state index in [4.69, 9.17) is 11.6 Å². The third kappa shape index (κ3) is 4.20. The lowest BCUT2D eigenvalue weighted by molar-refractivity contribution is -0.117. The van der Waals surface area contributed by atoms with E-state index in [1.165, 1.54) is 0 Å². The number of nitrogens with one attached hydrogen (secondary N) is 2. The molecule has 0 saturated carbocycles. The van der Waals surface area contributed by atoms with Gasteiger partial charge in [0.15, 0.2) is 0 Å². The normalized spacial score (nSPS) is 20.3. The third-order valence-corrected chi connectivity index (χ3v) is 3.53. The molecule has 1 amide bonds. The van der Waals surface area contributed by atoms with Crippen LogP contribution < -0.4 is 10.6 Å². The van der Waals surface area contributed by atoms with E-state index < -0.39 is 0 Å². The van der Waals surface area contributed by atoms with Crippen molar-refractivity contribution in [1.82, 2.24) is 10.2 Å². The van der Waals surface area contributed by atoms with Gasteiger partial charge in [0.05, 0.1) is 6.54 Å². The standard InChI is InChI=1S/C14H20ClN3O/c1-10-3-4-12(15)7-13(10)17-14(19)9-18-6-5-16-11(2)8-18/h3-4,7,11,16H,5-6,8-9H2,1-2H3,(H,17,19)/t11-/m1/s1. The zero-order valence-electron chi connectivity index (χ0n) is 11.4. The summed E-state index contributed by atoms with van der Waals surface area (Å²) in [5.74, 6) is 0.0134. The van der Waals surface area contributed by atoms with E-state index in [-0.39, 0.29) is 5.91 Å². The molecule has 1 heterocycles. The predicted octanol–water partition coefficient (Wildman–Crippen LogP) is 1.88. The minimum absolute atomic E-state index is 0.0134. The fourth-order valence-electron chi connectivity index (χ4n) is 2.28. The van der Waals surface area contributed by atoms with Crippen LogP contribution in [0.5, 0.6) is 0 Å². The van der Waals surface area contributed by atoms with Crippen molar-refractivity contribution in [3.63, 3.8) is 0 Å². The highest BCUT2D eigenvalue weighted by atomic mass is 35.5. The first-order valence-corrected chi connectivity index (χ1v) is 6.94. The van der Waals surface area contributed by atoms with Crippen LogP contribution in [-0.4, -0.2) is 43.0 Å². The van der Waals surface area contributed by atoms with Crippen LogP contribution in [0.4, 0.5) is 5.69 Å². The minimum atomic E-state index is 0.0134. The lowest BCUT2D eigenvalue weighted by Gasteiger charge is -2.31. The Morgan fingerprint density at radius 2 is 2.37 bits per heavy atom. The number of hydrogen-bond donors (Lipinski definition) is 2. The number of hydrogen-bond acceptors (Lipinski definition) is 3. The molecular weight excluding hydrogens is 262 g/mol. The molecule has 1 aliphatic heterocycles. The van der Waals surface area contributed by atoms with Crippen molar-refractivity contribution < 1.29 is 4.79 Å². The highest BCUT2D eigenvalue weighted by Gasteiger charge is 2.18. The molecule has 1 atom stereocenters. The molecule has 1 aromatic carbocycles. The second-order valence-corrected chi connectivity index (χ2v) is 5.53. The first kappa shape index (κ1) is 14.3. The highest BCUT2D eigenvalue weighted by Crippen LogP contribution is 2.20. The van der Waals surface area contributed by atoms with Crippen LogP contribution in [-0.2, 0) is 4.79 Å². The Balaban J connectivity index is 1.92. The van der Waals surface area contributed by atoms with Gasteiger partial charge in [-0.05, 0) is 31.5 Å². The van der Waals surface area contributed by atoms with Gasteiger partial charge in [0.2, 0.25) is 5.91 Å². The van der Waals surface area contributed by atoms with E-state index in [9.17, 15) is 4.79 Å². The quantitative estimate of drug-likeness (QED) is 0.889. The molecule has 104 valence electrons. The predicted molar refractivity (Wildman–Crippen MR) is 78.7 cm³/mol. The Kier molecular flexibility index (Phi) is 4.80. The maximum absolute atomic E-state index is 12.0. The Morgan fingerprint density at radius 1 is 1.58 bits per heavy atom. The summed E-state index contributed by atoms with van der Waals surface area (Å²) in [6.45, 7) is 7.26. The number of halogens is 1. The molecule has 5 heteroatoms. The van der Waals surface area contributed by atoms with Gasteiger partial charge in [-0.2, -0.15) is 0 Å². The summed E-state index contributed by atoms with van der Waals surface area (Å²) in [6, 6.07) is 5.96. The number of benzene rings is 1. The summed E-state index contributed by atoms with van der Waals surface area (Å²) < 4.78 is 0. The molecule has 19 heavy (non-hydrogen) atoms. The molecule has 0 radical (unpaired) electrons. The van der Waals surface area contributed by atoms with Crippen LogP contribution in [0.25, 0.3) is 0 Å². The van der Waals surface area contributed by atoms with E-state index in [0.717, 1.165) is 30.9 Å².